The molecule has 20 heavy (non-hydrogen) atoms. The van der Waals surface area contributed by atoms with Crippen molar-refractivity contribution in [2.24, 2.45) is 0 Å². The fourth-order valence-corrected chi connectivity index (χ4v) is 2.82. The summed E-state index contributed by atoms with van der Waals surface area (Å²) in [6.45, 7) is 7.22. The van der Waals surface area contributed by atoms with E-state index in [9.17, 15) is 4.79 Å². The standard InChI is InChI=1S/C16H25N3O/c1-4-14-7-5-6-8-19(14)15-9-13(10-17-11-15)16(20)18-12(2)3/h9-12,14H,4-8H2,1-3H3,(H,18,20). The summed E-state index contributed by atoms with van der Waals surface area (Å²) < 4.78 is 0. The Labute approximate surface area is 121 Å². The molecule has 1 atom stereocenters. The maximum Gasteiger partial charge on any atom is 0.253 e. The van der Waals surface area contributed by atoms with Crippen molar-refractivity contribution in [3.8, 4) is 0 Å². The van der Waals surface area contributed by atoms with Gasteiger partial charge in [-0.2, -0.15) is 0 Å². The van der Waals surface area contributed by atoms with E-state index >= 15 is 0 Å². The normalized spacial score (nSPS) is 19.2. The zero-order valence-electron chi connectivity index (χ0n) is 12.7. The van der Waals surface area contributed by atoms with E-state index in [-0.39, 0.29) is 11.9 Å². The van der Waals surface area contributed by atoms with Crippen LogP contribution in [0, 0.1) is 0 Å². The average molecular weight is 275 g/mol. The van der Waals surface area contributed by atoms with Crippen molar-refractivity contribution in [2.75, 3.05) is 11.4 Å². The predicted octanol–water partition coefficient (Wildman–Crippen LogP) is 2.99. The highest BCUT2D eigenvalue weighted by Gasteiger charge is 2.22. The summed E-state index contributed by atoms with van der Waals surface area (Å²) in [6, 6.07) is 2.69. The lowest BCUT2D eigenvalue weighted by atomic mass is 9.99. The number of anilines is 1. The third-order valence-electron chi connectivity index (χ3n) is 3.84. The Balaban J connectivity index is 2.18. The van der Waals surface area contributed by atoms with Crippen LogP contribution in [-0.4, -0.2) is 29.5 Å². The maximum atomic E-state index is 12.1. The van der Waals surface area contributed by atoms with Crippen LogP contribution in [0.15, 0.2) is 18.5 Å². The fourth-order valence-electron chi connectivity index (χ4n) is 2.82. The molecule has 1 fully saturated rings. The first kappa shape index (κ1) is 14.8. The highest BCUT2D eigenvalue weighted by atomic mass is 16.1. The number of hydrogen-bond donors (Lipinski definition) is 1. The van der Waals surface area contributed by atoms with Gasteiger partial charge >= 0.3 is 0 Å². The Morgan fingerprint density at radius 3 is 2.95 bits per heavy atom. The van der Waals surface area contributed by atoms with Gasteiger partial charge in [-0.1, -0.05) is 6.92 Å². The number of carbonyl (C=O) groups excluding carboxylic acids is 1. The van der Waals surface area contributed by atoms with E-state index in [2.05, 4.69) is 22.1 Å². The van der Waals surface area contributed by atoms with Crippen molar-refractivity contribution in [1.29, 1.82) is 0 Å². The number of rotatable bonds is 4. The quantitative estimate of drug-likeness (QED) is 0.918. The minimum Gasteiger partial charge on any atom is -0.367 e. The largest absolute Gasteiger partial charge is 0.367 e. The zero-order chi connectivity index (χ0) is 14.5. The third-order valence-corrected chi connectivity index (χ3v) is 3.84. The van der Waals surface area contributed by atoms with Crippen LogP contribution >= 0.6 is 0 Å². The summed E-state index contributed by atoms with van der Waals surface area (Å²) in [5, 5.41) is 2.92. The fraction of sp³-hybridized carbons (Fsp3) is 0.625. The average Bonchev–Trinajstić information content (AvgIpc) is 2.46. The van der Waals surface area contributed by atoms with Crippen LogP contribution in [0.2, 0.25) is 0 Å². The van der Waals surface area contributed by atoms with Crippen molar-refractivity contribution in [3.05, 3.63) is 24.0 Å². The van der Waals surface area contributed by atoms with Crippen molar-refractivity contribution in [3.63, 3.8) is 0 Å². The van der Waals surface area contributed by atoms with E-state index in [1.807, 2.05) is 26.1 Å². The van der Waals surface area contributed by atoms with Crippen LogP contribution in [0.4, 0.5) is 5.69 Å². The van der Waals surface area contributed by atoms with Crippen LogP contribution < -0.4 is 10.2 Å². The zero-order valence-corrected chi connectivity index (χ0v) is 12.7. The molecule has 4 heteroatoms. The van der Waals surface area contributed by atoms with E-state index in [1.54, 1.807) is 6.20 Å². The minimum atomic E-state index is -0.0422. The summed E-state index contributed by atoms with van der Waals surface area (Å²) in [5.41, 5.74) is 1.73. The van der Waals surface area contributed by atoms with Gasteiger partial charge in [0.05, 0.1) is 17.4 Å². The smallest absolute Gasteiger partial charge is 0.253 e. The second-order valence-corrected chi connectivity index (χ2v) is 5.81. The van der Waals surface area contributed by atoms with Gasteiger partial charge in [0.15, 0.2) is 0 Å². The molecule has 1 unspecified atom stereocenters. The van der Waals surface area contributed by atoms with E-state index in [1.165, 1.54) is 19.3 Å². The molecule has 4 nitrogen and oxygen atoms in total. The molecule has 1 aromatic rings. The second-order valence-electron chi connectivity index (χ2n) is 5.81. The molecule has 0 aromatic carbocycles. The van der Waals surface area contributed by atoms with Crippen LogP contribution in [0.1, 0.15) is 56.8 Å². The summed E-state index contributed by atoms with van der Waals surface area (Å²) in [6.07, 6.45) is 8.42. The maximum absolute atomic E-state index is 12.1. The number of nitrogens with zero attached hydrogens (tertiary/aromatic N) is 2. The first-order chi connectivity index (χ1) is 9.61. The van der Waals surface area contributed by atoms with Gasteiger partial charge < -0.3 is 10.2 Å². The Bertz CT molecular complexity index is 459. The number of hydrogen-bond acceptors (Lipinski definition) is 3. The molecule has 1 aliphatic heterocycles. The third kappa shape index (κ3) is 3.50. The Kier molecular flexibility index (Phi) is 4.99. The van der Waals surface area contributed by atoms with Gasteiger partial charge in [-0.15, -0.1) is 0 Å². The number of aromatic nitrogens is 1. The molecule has 0 bridgehead atoms. The Morgan fingerprint density at radius 1 is 1.45 bits per heavy atom. The van der Waals surface area contributed by atoms with Crippen LogP contribution in [0.25, 0.3) is 0 Å². The summed E-state index contributed by atoms with van der Waals surface area (Å²) in [4.78, 5) is 18.7. The lowest BCUT2D eigenvalue weighted by molar-refractivity contribution is 0.0943. The molecular formula is C16H25N3O. The van der Waals surface area contributed by atoms with E-state index in [0.29, 0.717) is 11.6 Å². The SMILES string of the molecule is CCC1CCCCN1c1cncc(C(=O)NC(C)C)c1. The number of pyridine rings is 1. The molecule has 1 aromatic heterocycles. The van der Waals surface area contributed by atoms with Gasteiger partial charge in [0.2, 0.25) is 0 Å². The van der Waals surface area contributed by atoms with E-state index < -0.39 is 0 Å². The summed E-state index contributed by atoms with van der Waals surface area (Å²) in [7, 11) is 0. The Hall–Kier alpha value is -1.58. The molecule has 0 aliphatic carbocycles. The van der Waals surface area contributed by atoms with Crippen molar-refractivity contribution in [2.45, 2.75) is 58.5 Å². The van der Waals surface area contributed by atoms with Gasteiger partial charge in [-0.3, -0.25) is 9.78 Å². The van der Waals surface area contributed by atoms with Crippen molar-refractivity contribution < 1.29 is 4.79 Å². The first-order valence-electron chi connectivity index (χ1n) is 7.64. The van der Waals surface area contributed by atoms with Crippen LogP contribution in [-0.2, 0) is 0 Å². The molecule has 2 heterocycles. The highest BCUT2D eigenvalue weighted by molar-refractivity contribution is 5.94. The van der Waals surface area contributed by atoms with Crippen LogP contribution in [0.5, 0.6) is 0 Å². The molecule has 110 valence electrons. The first-order valence-corrected chi connectivity index (χ1v) is 7.64. The van der Waals surface area contributed by atoms with Gasteiger partial charge in [0.1, 0.15) is 0 Å². The molecule has 0 saturated carbocycles. The van der Waals surface area contributed by atoms with Gasteiger partial charge in [-0.25, -0.2) is 0 Å². The molecule has 0 spiro atoms. The van der Waals surface area contributed by atoms with E-state index in [0.717, 1.165) is 18.7 Å². The monoisotopic (exact) mass is 275 g/mol. The highest BCUT2D eigenvalue weighted by Crippen LogP contribution is 2.26. The molecule has 1 amide bonds. The molecule has 1 saturated heterocycles. The number of carbonyl (C=O) groups is 1. The van der Waals surface area contributed by atoms with Gasteiger partial charge in [-0.05, 0) is 45.6 Å². The summed E-state index contributed by atoms with van der Waals surface area (Å²) in [5.74, 6) is -0.0422. The Morgan fingerprint density at radius 2 is 2.25 bits per heavy atom. The van der Waals surface area contributed by atoms with Crippen molar-refractivity contribution in [1.82, 2.24) is 10.3 Å². The van der Waals surface area contributed by atoms with Crippen molar-refractivity contribution >= 4 is 11.6 Å². The molecular weight excluding hydrogens is 250 g/mol. The molecule has 0 radical (unpaired) electrons. The number of piperidine rings is 1. The minimum absolute atomic E-state index is 0.0422. The predicted molar refractivity (Wildman–Crippen MR) is 82.1 cm³/mol. The van der Waals surface area contributed by atoms with Gasteiger partial charge in [0, 0.05) is 24.8 Å². The number of amides is 1. The second kappa shape index (κ2) is 6.73. The number of nitrogens with one attached hydrogen (secondary N) is 1. The topological polar surface area (TPSA) is 45.2 Å². The molecule has 1 N–H and O–H groups in total. The van der Waals surface area contributed by atoms with Crippen LogP contribution in [0.3, 0.4) is 0 Å². The molecule has 2 rings (SSSR count). The summed E-state index contributed by atoms with van der Waals surface area (Å²) >= 11 is 0. The molecule has 1 aliphatic rings. The van der Waals surface area contributed by atoms with Gasteiger partial charge in [0.25, 0.3) is 5.91 Å². The lowest BCUT2D eigenvalue weighted by Gasteiger charge is -2.37. The lowest BCUT2D eigenvalue weighted by Crippen LogP contribution is -2.39. The van der Waals surface area contributed by atoms with E-state index in [4.69, 9.17) is 0 Å².